The first kappa shape index (κ1) is 14.1. The van der Waals surface area contributed by atoms with Crippen molar-refractivity contribution in [3.63, 3.8) is 0 Å². The largest absolute Gasteiger partial charge is 0.314 e. The minimum atomic E-state index is 0.787. The Morgan fingerprint density at radius 1 is 1.20 bits per heavy atom. The van der Waals surface area contributed by atoms with Gasteiger partial charge in [-0.1, -0.05) is 12.8 Å². The highest BCUT2D eigenvalue weighted by atomic mass is 15.3. The van der Waals surface area contributed by atoms with E-state index in [1.807, 2.05) is 0 Å². The van der Waals surface area contributed by atoms with Crippen LogP contribution in [0, 0.1) is 25.7 Å². The lowest BCUT2D eigenvalue weighted by atomic mass is 9.83. The van der Waals surface area contributed by atoms with Gasteiger partial charge >= 0.3 is 0 Å². The smallest absolute Gasteiger partial charge is 0.0596 e. The van der Waals surface area contributed by atoms with E-state index in [4.69, 9.17) is 0 Å². The van der Waals surface area contributed by atoms with Crippen LogP contribution in [0.3, 0.4) is 0 Å². The van der Waals surface area contributed by atoms with Crippen molar-refractivity contribution in [2.24, 2.45) is 11.8 Å². The van der Waals surface area contributed by atoms with E-state index in [2.05, 4.69) is 35.0 Å². The summed E-state index contributed by atoms with van der Waals surface area (Å²) in [6.07, 6.45) is 9.97. The van der Waals surface area contributed by atoms with Crippen molar-refractivity contribution in [2.45, 2.75) is 71.4 Å². The van der Waals surface area contributed by atoms with Gasteiger partial charge in [0, 0.05) is 18.3 Å². The highest BCUT2D eigenvalue weighted by Crippen LogP contribution is 2.43. The molecule has 0 amide bonds. The van der Waals surface area contributed by atoms with Crippen LogP contribution in [0.4, 0.5) is 0 Å². The van der Waals surface area contributed by atoms with Gasteiger partial charge in [-0.15, -0.1) is 0 Å². The average molecular weight is 275 g/mol. The van der Waals surface area contributed by atoms with Crippen molar-refractivity contribution in [3.05, 3.63) is 17.5 Å². The number of nitrogens with zero attached hydrogens (tertiary/aromatic N) is 2. The van der Waals surface area contributed by atoms with Gasteiger partial charge in [0.05, 0.1) is 5.69 Å². The molecular formula is C17H29N3. The van der Waals surface area contributed by atoms with Crippen LogP contribution in [0.2, 0.25) is 0 Å². The second kappa shape index (κ2) is 6.30. The summed E-state index contributed by atoms with van der Waals surface area (Å²) in [5, 5.41) is 8.32. The molecule has 0 bridgehead atoms. The van der Waals surface area contributed by atoms with Crippen LogP contribution in [-0.2, 0) is 6.54 Å². The molecule has 3 nitrogen and oxygen atoms in total. The Kier molecular flexibility index (Phi) is 4.45. The van der Waals surface area contributed by atoms with Crippen LogP contribution in [-0.4, -0.2) is 22.4 Å². The van der Waals surface area contributed by atoms with Gasteiger partial charge in [-0.25, -0.2) is 0 Å². The number of hydrogen-bond donors (Lipinski definition) is 1. The van der Waals surface area contributed by atoms with Crippen LogP contribution in [0.15, 0.2) is 6.07 Å². The van der Waals surface area contributed by atoms with E-state index in [-0.39, 0.29) is 0 Å². The Bertz CT molecular complexity index is 433. The van der Waals surface area contributed by atoms with E-state index < -0.39 is 0 Å². The van der Waals surface area contributed by atoms with E-state index in [0.717, 1.165) is 36.7 Å². The van der Waals surface area contributed by atoms with Crippen molar-refractivity contribution >= 4 is 0 Å². The van der Waals surface area contributed by atoms with Crippen molar-refractivity contribution in [1.29, 1.82) is 0 Å². The van der Waals surface area contributed by atoms with E-state index in [9.17, 15) is 0 Å². The lowest BCUT2D eigenvalue weighted by Crippen LogP contribution is -2.35. The summed E-state index contributed by atoms with van der Waals surface area (Å²) in [5.41, 5.74) is 2.42. The minimum Gasteiger partial charge on any atom is -0.314 e. The van der Waals surface area contributed by atoms with Crippen molar-refractivity contribution in [2.75, 3.05) is 6.54 Å². The topological polar surface area (TPSA) is 29.9 Å². The lowest BCUT2D eigenvalue weighted by Gasteiger charge is -2.30. The van der Waals surface area contributed by atoms with Crippen LogP contribution >= 0.6 is 0 Å². The molecule has 112 valence electrons. The Morgan fingerprint density at radius 3 is 2.75 bits per heavy atom. The number of hydrogen-bond acceptors (Lipinski definition) is 2. The highest BCUT2D eigenvalue weighted by Gasteiger charge is 2.34. The van der Waals surface area contributed by atoms with E-state index in [1.54, 1.807) is 0 Å². The maximum absolute atomic E-state index is 4.53. The van der Waals surface area contributed by atoms with Gasteiger partial charge in [-0.2, -0.15) is 5.10 Å². The fraction of sp³-hybridized carbons (Fsp3) is 0.824. The zero-order valence-corrected chi connectivity index (χ0v) is 13.1. The number of aromatic nitrogens is 2. The standard InChI is InChI=1S/C17H29N3/c1-13-11-14(2)20(19-13)10-4-9-18-17-6-3-5-16(12-17)15-7-8-15/h11,15-18H,3-10,12H2,1-2H3. The van der Waals surface area contributed by atoms with Gasteiger partial charge in [-0.3, -0.25) is 4.68 Å². The van der Waals surface area contributed by atoms with Crippen molar-refractivity contribution in [1.82, 2.24) is 15.1 Å². The molecule has 2 aliphatic carbocycles. The molecule has 0 spiro atoms. The van der Waals surface area contributed by atoms with Crippen LogP contribution in [0.5, 0.6) is 0 Å². The molecule has 1 aromatic heterocycles. The molecule has 2 saturated carbocycles. The molecule has 1 N–H and O–H groups in total. The van der Waals surface area contributed by atoms with E-state index in [1.165, 1.54) is 50.6 Å². The number of nitrogens with one attached hydrogen (secondary N) is 1. The normalized spacial score (nSPS) is 26.9. The molecule has 2 aliphatic rings. The summed E-state index contributed by atoms with van der Waals surface area (Å²) in [5.74, 6) is 2.13. The number of rotatable bonds is 6. The fourth-order valence-corrected chi connectivity index (χ4v) is 3.85. The molecule has 0 aromatic carbocycles. The second-order valence-corrected chi connectivity index (χ2v) is 6.92. The molecule has 3 heteroatoms. The molecule has 2 unspecified atom stereocenters. The Labute approximate surface area is 123 Å². The molecule has 0 radical (unpaired) electrons. The average Bonchev–Trinajstić information content (AvgIpc) is 3.22. The second-order valence-electron chi connectivity index (χ2n) is 6.92. The Hall–Kier alpha value is -0.830. The zero-order valence-electron chi connectivity index (χ0n) is 13.1. The summed E-state index contributed by atoms with van der Waals surface area (Å²) >= 11 is 0. The summed E-state index contributed by atoms with van der Waals surface area (Å²) in [7, 11) is 0. The molecule has 1 aromatic rings. The SMILES string of the molecule is Cc1cc(C)n(CCCNC2CCCC(C3CC3)C2)n1. The van der Waals surface area contributed by atoms with Crippen LogP contribution < -0.4 is 5.32 Å². The molecule has 0 aliphatic heterocycles. The van der Waals surface area contributed by atoms with Crippen molar-refractivity contribution < 1.29 is 0 Å². The summed E-state index contributed by atoms with van der Waals surface area (Å²) in [4.78, 5) is 0. The fourth-order valence-electron chi connectivity index (χ4n) is 3.85. The van der Waals surface area contributed by atoms with Gasteiger partial charge in [-0.05, 0) is 70.4 Å². The summed E-state index contributed by atoms with van der Waals surface area (Å²) in [6, 6.07) is 2.95. The van der Waals surface area contributed by atoms with Crippen LogP contribution in [0.25, 0.3) is 0 Å². The predicted molar refractivity (Wildman–Crippen MR) is 82.8 cm³/mol. The van der Waals surface area contributed by atoms with Gasteiger partial charge in [0.25, 0.3) is 0 Å². The first-order chi connectivity index (χ1) is 9.72. The van der Waals surface area contributed by atoms with Gasteiger partial charge in [0.2, 0.25) is 0 Å². The van der Waals surface area contributed by atoms with Crippen LogP contribution in [0.1, 0.15) is 56.3 Å². The van der Waals surface area contributed by atoms with E-state index >= 15 is 0 Å². The molecule has 2 fully saturated rings. The quantitative estimate of drug-likeness (QED) is 0.806. The third-order valence-electron chi connectivity index (χ3n) is 5.09. The maximum atomic E-state index is 4.53. The zero-order chi connectivity index (χ0) is 13.9. The first-order valence-electron chi connectivity index (χ1n) is 8.47. The van der Waals surface area contributed by atoms with Gasteiger partial charge < -0.3 is 5.32 Å². The highest BCUT2D eigenvalue weighted by molar-refractivity contribution is 5.06. The van der Waals surface area contributed by atoms with Crippen molar-refractivity contribution in [3.8, 4) is 0 Å². The van der Waals surface area contributed by atoms with Gasteiger partial charge in [0.1, 0.15) is 0 Å². The number of aryl methyl sites for hydroxylation is 3. The Morgan fingerprint density at radius 2 is 2.05 bits per heavy atom. The first-order valence-corrected chi connectivity index (χ1v) is 8.47. The Balaban J connectivity index is 1.36. The maximum Gasteiger partial charge on any atom is 0.0596 e. The monoisotopic (exact) mass is 275 g/mol. The molecule has 3 rings (SSSR count). The predicted octanol–water partition coefficient (Wildman–Crippen LogP) is 3.45. The third-order valence-corrected chi connectivity index (χ3v) is 5.09. The molecule has 2 atom stereocenters. The molecule has 1 heterocycles. The van der Waals surface area contributed by atoms with Gasteiger partial charge in [0.15, 0.2) is 0 Å². The van der Waals surface area contributed by atoms with E-state index in [0.29, 0.717) is 0 Å². The molecule has 0 saturated heterocycles. The molecular weight excluding hydrogens is 246 g/mol. The third kappa shape index (κ3) is 3.63. The lowest BCUT2D eigenvalue weighted by molar-refractivity contribution is 0.260. The molecule has 20 heavy (non-hydrogen) atoms. The summed E-state index contributed by atoms with van der Waals surface area (Å²) < 4.78 is 2.14. The minimum absolute atomic E-state index is 0.787. The summed E-state index contributed by atoms with van der Waals surface area (Å²) in [6.45, 7) is 6.41.